The lowest BCUT2D eigenvalue weighted by Crippen LogP contribution is -2.36. The van der Waals surface area contributed by atoms with E-state index in [0.29, 0.717) is 25.4 Å². The van der Waals surface area contributed by atoms with E-state index in [1.807, 2.05) is 31.2 Å². The van der Waals surface area contributed by atoms with Crippen molar-refractivity contribution in [3.63, 3.8) is 0 Å². The second-order valence-corrected chi connectivity index (χ2v) is 14.4. The molecule has 1 aliphatic carbocycles. The Balaban J connectivity index is 1.46. The molecule has 36 heavy (non-hydrogen) atoms. The molecule has 0 spiro atoms. The Morgan fingerprint density at radius 2 is 1.53 bits per heavy atom. The standard InChI is InChI=1S/C28H40N2O4S2/c1-21(2)36(33,34)30-19-23(4)26-13-15-28(16-14-26)27-11-9-24(10-12-27)17-18-29-35(31,32)20-25-7-5-22(3)6-8-25/h5-12,15,21,23,26,29-30H,13-14,16-20H2,1-4H3. The molecule has 0 bridgehead atoms. The van der Waals surface area contributed by atoms with E-state index in [-0.39, 0.29) is 11.7 Å². The van der Waals surface area contributed by atoms with Crippen molar-refractivity contribution >= 4 is 25.6 Å². The molecule has 0 fully saturated rings. The zero-order valence-electron chi connectivity index (χ0n) is 21.8. The zero-order valence-corrected chi connectivity index (χ0v) is 23.5. The van der Waals surface area contributed by atoms with Crippen LogP contribution in [0.3, 0.4) is 0 Å². The summed E-state index contributed by atoms with van der Waals surface area (Å²) < 4.78 is 54.3. The van der Waals surface area contributed by atoms with Gasteiger partial charge in [-0.2, -0.15) is 0 Å². The van der Waals surface area contributed by atoms with Crippen molar-refractivity contribution in [3.05, 3.63) is 76.9 Å². The molecule has 0 amide bonds. The van der Waals surface area contributed by atoms with Crippen LogP contribution in [-0.4, -0.2) is 35.2 Å². The van der Waals surface area contributed by atoms with Gasteiger partial charge in [0.15, 0.2) is 0 Å². The summed E-state index contributed by atoms with van der Waals surface area (Å²) in [6.45, 7) is 8.34. The van der Waals surface area contributed by atoms with E-state index in [4.69, 9.17) is 0 Å². The summed E-state index contributed by atoms with van der Waals surface area (Å²) in [6.07, 6.45) is 5.89. The summed E-state index contributed by atoms with van der Waals surface area (Å²) in [5.74, 6) is 0.744. The quantitative estimate of drug-likeness (QED) is 0.411. The fourth-order valence-electron chi connectivity index (χ4n) is 4.41. The van der Waals surface area contributed by atoms with E-state index in [2.05, 4.69) is 46.7 Å². The molecule has 2 atom stereocenters. The summed E-state index contributed by atoms with van der Waals surface area (Å²) >= 11 is 0. The lowest BCUT2D eigenvalue weighted by molar-refractivity contribution is 0.334. The SMILES string of the molecule is Cc1ccc(CS(=O)(=O)NCCc2ccc(C3=CCC(C(C)CNS(=O)(=O)C(C)C)CC3)cc2)cc1. The van der Waals surface area contributed by atoms with Crippen LogP contribution in [0.25, 0.3) is 5.57 Å². The van der Waals surface area contributed by atoms with Crippen LogP contribution in [-0.2, 0) is 32.2 Å². The predicted octanol–water partition coefficient (Wildman–Crippen LogP) is 4.80. The number of aryl methyl sites for hydroxylation is 1. The largest absolute Gasteiger partial charge is 0.215 e. The number of sulfonamides is 2. The van der Waals surface area contributed by atoms with E-state index in [1.54, 1.807) is 13.8 Å². The molecule has 2 unspecified atom stereocenters. The van der Waals surface area contributed by atoms with Crippen LogP contribution >= 0.6 is 0 Å². The van der Waals surface area contributed by atoms with Gasteiger partial charge in [0.25, 0.3) is 0 Å². The van der Waals surface area contributed by atoms with Crippen LogP contribution in [0.5, 0.6) is 0 Å². The van der Waals surface area contributed by atoms with Gasteiger partial charge in [-0.1, -0.05) is 67.1 Å². The summed E-state index contributed by atoms with van der Waals surface area (Å²) in [6, 6.07) is 15.9. The first-order chi connectivity index (χ1) is 16.9. The molecule has 0 heterocycles. The highest BCUT2D eigenvalue weighted by Gasteiger charge is 2.23. The van der Waals surface area contributed by atoms with Gasteiger partial charge in [0, 0.05) is 13.1 Å². The monoisotopic (exact) mass is 532 g/mol. The molecule has 0 aromatic heterocycles. The van der Waals surface area contributed by atoms with Crippen LogP contribution < -0.4 is 9.44 Å². The summed E-state index contributed by atoms with van der Waals surface area (Å²) in [5, 5.41) is -0.413. The minimum atomic E-state index is -3.37. The molecular formula is C28H40N2O4S2. The molecule has 2 aromatic rings. The van der Waals surface area contributed by atoms with Crippen molar-refractivity contribution in [1.29, 1.82) is 0 Å². The molecule has 3 rings (SSSR count). The number of allylic oxidation sites excluding steroid dienone is 2. The molecule has 0 saturated carbocycles. The third-order valence-electron chi connectivity index (χ3n) is 7.02. The van der Waals surface area contributed by atoms with Gasteiger partial charge in [0.05, 0.1) is 11.0 Å². The summed E-state index contributed by atoms with van der Waals surface area (Å²) in [5.41, 5.74) is 5.51. The first kappa shape index (κ1) is 28.6. The average Bonchev–Trinajstić information content (AvgIpc) is 2.84. The van der Waals surface area contributed by atoms with Crippen LogP contribution in [0.4, 0.5) is 0 Å². The molecule has 1 aliphatic rings. The Kier molecular flexibility index (Phi) is 9.92. The second-order valence-electron chi connectivity index (χ2n) is 10.3. The minimum absolute atomic E-state index is 0.0103. The highest BCUT2D eigenvalue weighted by molar-refractivity contribution is 7.90. The Hall–Kier alpha value is -2.00. The van der Waals surface area contributed by atoms with Gasteiger partial charge < -0.3 is 0 Å². The molecular weight excluding hydrogens is 492 g/mol. The van der Waals surface area contributed by atoms with E-state index in [9.17, 15) is 16.8 Å². The Morgan fingerprint density at radius 3 is 2.11 bits per heavy atom. The molecule has 8 heteroatoms. The van der Waals surface area contributed by atoms with Gasteiger partial charge in [-0.25, -0.2) is 26.3 Å². The maximum absolute atomic E-state index is 12.4. The number of nitrogens with one attached hydrogen (secondary N) is 2. The lowest BCUT2D eigenvalue weighted by atomic mass is 9.80. The van der Waals surface area contributed by atoms with E-state index in [0.717, 1.165) is 36.0 Å². The third-order valence-corrected chi connectivity index (χ3v) is 10.2. The van der Waals surface area contributed by atoms with Crippen LogP contribution in [0.2, 0.25) is 0 Å². The van der Waals surface area contributed by atoms with Gasteiger partial charge in [-0.15, -0.1) is 0 Å². The summed E-state index contributed by atoms with van der Waals surface area (Å²) in [4.78, 5) is 0. The Bertz CT molecular complexity index is 1230. The van der Waals surface area contributed by atoms with Crippen molar-refractivity contribution < 1.29 is 16.8 Å². The van der Waals surface area contributed by atoms with Crippen molar-refractivity contribution in [1.82, 2.24) is 9.44 Å². The number of hydrogen-bond donors (Lipinski definition) is 2. The molecule has 2 aromatic carbocycles. The van der Waals surface area contributed by atoms with Gasteiger partial charge in [-0.3, -0.25) is 0 Å². The Morgan fingerprint density at radius 1 is 0.889 bits per heavy atom. The van der Waals surface area contributed by atoms with Gasteiger partial charge in [0.1, 0.15) is 0 Å². The normalized spacial score (nSPS) is 17.7. The molecule has 198 valence electrons. The number of benzene rings is 2. The average molecular weight is 533 g/mol. The second kappa shape index (κ2) is 12.5. The number of rotatable bonds is 12. The van der Waals surface area contributed by atoms with Gasteiger partial charge in [0.2, 0.25) is 20.0 Å². The van der Waals surface area contributed by atoms with Crippen LogP contribution in [0.15, 0.2) is 54.6 Å². The van der Waals surface area contributed by atoms with E-state index >= 15 is 0 Å². The summed E-state index contributed by atoms with van der Waals surface area (Å²) in [7, 11) is -6.59. The van der Waals surface area contributed by atoms with E-state index < -0.39 is 25.3 Å². The Labute approximate surface area is 217 Å². The topological polar surface area (TPSA) is 92.3 Å². The molecule has 0 aliphatic heterocycles. The predicted molar refractivity (Wildman–Crippen MR) is 148 cm³/mol. The molecule has 2 N–H and O–H groups in total. The lowest BCUT2D eigenvalue weighted by Gasteiger charge is -2.28. The van der Waals surface area contributed by atoms with Crippen molar-refractivity contribution in [2.45, 2.75) is 64.4 Å². The van der Waals surface area contributed by atoms with Crippen molar-refractivity contribution in [3.8, 4) is 0 Å². The first-order valence-corrected chi connectivity index (χ1v) is 15.9. The minimum Gasteiger partial charge on any atom is -0.215 e. The molecule has 6 nitrogen and oxygen atoms in total. The van der Waals surface area contributed by atoms with Gasteiger partial charge in [-0.05, 0) is 80.6 Å². The van der Waals surface area contributed by atoms with Crippen LogP contribution in [0, 0.1) is 18.8 Å². The first-order valence-electron chi connectivity index (χ1n) is 12.7. The fourth-order valence-corrected chi connectivity index (χ4v) is 6.38. The number of hydrogen-bond acceptors (Lipinski definition) is 4. The maximum atomic E-state index is 12.4. The smallest absolute Gasteiger partial charge is 0.215 e. The van der Waals surface area contributed by atoms with Crippen molar-refractivity contribution in [2.75, 3.05) is 13.1 Å². The highest BCUT2D eigenvalue weighted by atomic mass is 32.2. The van der Waals surface area contributed by atoms with E-state index in [1.165, 1.54) is 11.1 Å². The third kappa shape index (κ3) is 8.54. The van der Waals surface area contributed by atoms with Crippen LogP contribution in [0.1, 0.15) is 62.3 Å². The molecule has 0 radical (unpaired) electrons. The highest BCUT2D eigenvalue weighted by Crippen LogP contribution is 2.34. The maximum Gasteiger partial charge on any atom is 0.215 e. The van der Waals surface area contributed by atoms with Gasteiger partial charge >= 0.3 is 0 Å². The van der Waals surface area contributed by atoms with Crippen molar-refractivity contribution in [2.24, 2.45) is 11.8 Å². The molecule has 0 saturated heterocycles. The zero-order chi connectivity index (χ0) is 26.3. The fraction of sp³-hybridized carbons (Fsp3) is 0.500.